The average molecular weight is 289 g/mol. The highest BCUT2D eigenvalue weighted by Crippen LogP contribution is 2.65. The number of halogens is 1. The van der Waals surface area contributed by atoms with Crippen molar-refractivity contribution < 1.29 is 4.39 Å². The second kappa shape index (κ2) is 5.08. The maximum absolute atomic E-state index is 13.3. The van der Waals surface area contributed by atoms with E-state index < -0.39 is 0 Å². The zero-order chi connectivity index (χ0) is 15.3. The molecule has 2 saturated carbocycles. The van der Waals surface area contributed by atoms with Crippen molar-refractivity contribution in [1.29, 1.82) is 0 Å². The summed E-state index contributed by atoms with van der Waals surface area (Å²) in [7, 11) is 0. The van der Waals surface area contributed by atoms with Gasteiger partial charge in [-0.25, -0.2) is 4.39 Å². The van der Waals surface area contributed by atoms with E-state index in [0.717, 1.165) is 17.9 Å². The zero-order valence-electron chi connectivity index (χ0n) is 13.7. The minimum Gasteiger partial charge on any atom is -0.311 e. The number of fused-ring (bicyclic) bond motifs is 2. The van der Waals surface area contributed by atoms with Gasteiger partial charge in [-0.2, -0.15) is 0 Å². The lowest BCUT2D eigenvalue weighted by Crippen LogP contribution is -2.48. The minimum atomic E-state index is -0.132. The van der Waals surface area contributed by atoms with Crippen molar-refractivity contribution in [2.24, 2.45) is 16.7 Å². The van der Waals surface area contributed by atoms with Crippen LogP contribution in [0.1, 0.15) is 52.5 Å². The lowest BCUT2D eigenvalue weighted by molar-refractivity contribution is 0.116. The highest BCUT2D eigenvalue weighted by Gasteiger charge is 2.61. The van der Waals surface area contributed by atoms with Gasteiger partial charge in [-0.3, -0.25) is 0 Å². The smallest absolute Gasteiger partial charge is 0.123 e. The molecule has 116 valence electrons. The summed E-state index contributed by atoms with van der Waals surface area (Å²) in [6.45, 7) is 9.59. The molecular weight excluding hydrogens is 261 g/mol. The lowest BCUT2D eigenvalue weighted by atomic mass is 9.69. The molecule has 2 aliphatic rings. The Morgan fingerprint density at radius 2 is 2.10 bits per heavy atom. The van der Waals surface area contributed by atoms with Crippen LogP contribution >= 0.6 is 0 Å². The zero-order valence-corrected chi connectivity index (χ0v) is 13.7. The maximum Gasteiger partial charge on any atom is 0.123 e. The molecule has 0 aromatic heterocycles. The van der Waals surface area contributed by atoms with Crippen LogP contribution in [-0.4, -0.2) is 12.1 Å². The van der Waals surface area contributed by atoms with E-state index in [1.165, 1.54) is 25.3 Å². The van der Waals surface area contributed by atoms with Crippen molar-refractivity contribution in [3.8, 4) is 0 Å². The monoisotopic (exact) mass is 289 g/mol. The van der Waals surface area contributed by atoms with Crippen molar-refractivity contribution in [1.82, 2.24) is 5.32 Å². The van der Waals surface area contributed by atoms with E-state index in [2.05, 4.69) is 33.0 Å². The van der Waals surface area contributed by atoms with E-state index >= 15 is 0 Å². The fourth-order valence-electron chi connectivity index (χ4n) is 4.88. The summed E-state index contributed by atoms with van der Waals surface area (Å²) in [5, 5.41) is 3.85. The third-order valence-electron chi connectivity index (χ3n) is 6.71. The molecule has 0 amide bonds. The highest BCUT2D eigenvalue weighted by atomic mass is 19.1. The number of nitrogens with one attached hydrogen (secondary N) is 1. The Balaban J connectivity index is 1.65. The summed E-state index contributed by atoms with van der Waals surface area (Å²) in [4.78, 5) is 0. The number of benzene rings is 1. The van der Waals surface area contributed by atoms with Crippen LogP contribution in [0.15, 0.2) is 24.3 Å². The lowest BCUT2D eigenvalue weighted by Gasteiger charge is -2.40. The Morgan fingerprint density at radius 1 is 1.33 bits per heavy atom. The molecule has 0 spiro atoms. The second-order valence-electron chi connectivity index (χ2n) is 8.06. The normalized spacial score (nSPS) is 35.1. The first-order valence-corrected chi connectivity index (χ1v) is 8.33. The van der Waals surface area contributed by atoms with E-state index in [1.54, 1.807) is 12.1 Å². The summed E-state index contributed by atoms with van der Waals surface area (Å²) in [6.07, 6.45) is 4.93. The fourth-order valence-corrected chi connectivity index (χ4v) is 4.88. The van der Waals surface area contributed by atoms with Crippen LogP contribution in [0, 0.1) is 22.6 Å². The van der Waals surface area contributed by atoms with E-state index in [-0.39, 0.29) is 5.82 Å². The summed E-state index contributed by atoms with van der Waals surface area (Å²) in [5.74, 6) is 0.731. The quantitative estimate of drug-likeness (QED) is 0.856. The predicted octanol–water partition coefficient (Wildman–Crippen LogP) is 4.56. The van der Waals surface area contributed by atoms with Crippen molar-refractivity contribution >= 4 is 0 Å². The Labute approximate surface area is 128 Å². The molecule has 1 N–H and O–H groups in total. The van der Waals surface area contributed by atoms with Gasteiger partial charge in [-0.1, -0.05) is 32.9 Å². The second-order valence-corrected chi connectivity index (χ2v) is 8.06. The number of rotatable bonds is 4. The molecule has 0 heterocycles. The molecule has 1 aromatic rings. The largest absolute Gasteiger partial charge is 0.311 e. The first-order valence-electron chi connectivity index (χ1n) is 8.33. The van der Waals surface area contributed by atoms with E-state index in [1.807, 2.05) is 6.07 Å². The highest BCUT2D eigenvalue weighted by molar-refractivity contribution is 5.18. The molecule has 2 aliphatic carbocycles. The van der Waals surface area contributed by atoms with Crippen LogP contribution in [0.4, 0.5) is 4.39 Å². The van der Waals surface area contributed by atoms with Gasteiger partial charge in [0, 0.05) is 12.1 Å². The minimum absolute atomic E-state index is 0.132. The van der Waals surface area contributed by atoms with Gasteiger partial charge in [0.2, 0.25) is 0 Å². The summed E-state index contributed by atoms with van der Waals surface area (Å²) in [5.41, 5.74) is 1.94. The van der Waals surface area contributed by atoms with Crippen molar-refractivity contribution in [2.75, 3.05) is 0 Å². The van der Waals surface area contributed by atoms with Crippen LogP contribution in [-0.2, 0) is 6.42 Å². The first kappa shape index (κ1) is 15.0. The molecule has 2 heteroatoms. The van der Waals surface area contributed by atoms with E-state index in [0.29, 0.717) is 22.9 Å². The summed E-state index contributed by atoms with van der Waals surface area (Å²) in [6, 6.07) is 8.00. The SMILES string of the molecule is CC(Cc1cccc(F)c1)NC1CC2CCC1(C)C2(C)C. The Hall–Kier alpha value is -0.890. The predicted molar refractivity (Wildman–Crippen MR) is 85.7 cm³/mol. The first-order chi connectivity index (χ1) is 9.83. The molecule has 1 nitrogen and oxygen atoms in total. The van der Waals surface area contributed by atoms with Gasteiger partial charge in [0.15, 0.2) is 0 Å². The maximum atomic E-state index is 13.3. The van der Waals surface area contributed by atoms with Crippen LogP contribution in [0.2, 0.25) is 0 Å². The van der Waals surface area contributed by atoms with E-state index in [4.69, 9.17) is 0 Å². The molecule has 2 fully saturated rings. The fraction of sp³-hybridized carbons (Fsp3) is 0.684. The van der Waals surface area contributed by atoms with Crippen molar-refractivity contribution in [2.45, 2.75) is 65.5 Å². The van der Waals surface area contributed by atoms with Gasteiger partial charge in [-0.05, 0) is 67.1 Å². The molecule has 0 radical (unpaired) electrons. The Morgan fingerprint density at radius 3 is 2.67 bits per heavy atom. The summed E-state index contributed by atoms with van der Waals surface area (Å²) >= 11 is 0. The van der Waals surface area contributed by atoms with E-state index in [9.17, 15) is 4.39 Å². The molecule has 21 heavy (non-hydrogen) atoms. The molecule has 0 aliphatic heterocycles. The standard InChI is InChI=1S/C19H28FN/c1-13(10-14-6-5-7-16(20)11-14)21-17-12-15-8-9-19(17,4)18(15,2)3/h5-7,11,13,15,17,21H,8-10,12H2,1-4H3. The Kier molecular flexibility index (Phi) is 3.64. The van der Waals surface area contributed by atoms with Crippen LogP contribution in [0.3, 0.4) is 0 Å². The third-order valence-corrected chi connectivity index (χ3v) is 6.71. The molecule has 4 atom stereocenters. The van der Waals surface area contributed by atoms with Gasteiger partial charge in [0.1, 0.15) is 5.82 Å². The molecule has 4 unspecified atom stereocenters. The van der Waals surface area contributed by atoms with Crippen LogP contribution < -0.4 is 5.32 Å². The summed E-state index contributed by atoms with van der Waals surface area (Å²) < 4.78 is 13.3. The van der Waals surface area contributed by atoms with Crippen molar-refractivity contribution in [3.05, 3.63) is 35.6 Å². The number of hydrogen-bond donors (Lipinski definition) is 1. The van der Waals surface area contributed by atoms with Gasteiger partial charge in [0.25, 0.3) is 0 Å². The molecule has 0 saturated heterocycles. The molecule has 3 rings (SSSR count). The van der Waals surface area contributed by atoms with Gasteiger partial charge in [-0.15, -0.1) is 0 Å². The molecular formula is C19H28FN. The number of hydrogen-bond acceptors (Lipinski definition) is 1. The Bertz CT molecular complexity index is 524. The molecule has 1 aromatic carbocycles. The van der Waals surface area contributed by atoms with Gasteiger partial charge >= 0.3 is 0 Å². The average Bonchev–Trinajstić information content (AvgIpc) is 2.72. The van der Waals surface area contributed by atoms with Gasteiger partial charge in [0.05, 0.1) is 0 Å². The van der Waals surface area contributed by atoms with Gasteiger partial charge < -0.3 is 5.32 Å². The molecule has 2 bridgehead atoms. The van der Waals surface area contributed by atoms with Crippen LogP contribution in [0.5, 0.6) is 0 Å². The van der Waals surface area contributed by atoms with Crippen LogP contribution in [0.25, 0.3) is 0 Å². The van der Waals surface area contributed by atoms with Crippen molar-refractivity contribution in [3.63, 3.8) is 0 Å². The topological polar surface area (TPSA) is 12.0 Å². The third kappa shape index (κ3) is 2.42.